The number of hydrogen-bond acceptors (Lipinski definition) is 4. The van der Waals surface area contributed by atoms with Gasteiger partial charge in [0.2, 0.25) is 5.91 Å². The predicted octanol–water partition coefficient (Wildman–Crippen LogP) is -0.241. The molecule has 0 aromatic heterocycles. The highest BCUT2D eigenvalue weighted by atomic mass is 32.2. The van der Waals surface area contributed by atoms with Crippen molar-refractivity contribution >= 4 is 15.7 Å². The summed E-state index contributed by atoms with van der Waals surface area (Å²) in [6, 6.07) is -0.00600. The van der Waals surface area contributed by atoms with Gasteiger partial charge < -0.3 is 10.6 Å². The molecule has 1 fully saturated rings. The first-order valence-electron chi connectivity index (χ1n) is 5.42. The molecular weight excluding hydrogens is 228 g/mol. The molecule has 0 spiro atoms. The molecule has 0 aromatic carbocycles. The van der Waals surface area contributed by atoms with Crippen molar-refractivity contribution in [3.8, 4) is 0 Å². The second-order valence-electron chi connectivity index (χ2n) is 4.81. The Kier molecular flexibility index (Phi) is 3.64. The minimum Gasteiger partial charge on any atom is -0.337 e. The van der Waals surface area contributed by atoms with Crippen LogP contribution in [0, 0.1) is 0 Å². The first kappa shape index (κ1) is 13.4. The summed E-state index contributed by atoms with van der Waals surface area (Å²) in [5.41, 5.74) is 5.57. The number of rotatable bonds is 3. The van der Waals surface area contributed by atoms with Gasteiger partial charge in [-0.1, -0.05) is 0 Å². The highest BCUT2D eigenvalue weighted by Gasteiger charge is 2.44. The largest absolute Gasteiger partial charge is 0.337 e. The van der Waals surface area contributed by atoms with Crippen LogP contribution in [0.3, 0.4) is 0 Å². The van der Waals surface area contributed by atoms with Gasteiger partial charge >= 0.3 is 0 Å². The average Bonchev–Trinajstić information content (AvgIpc) is 2.62. The molecule has 1 saturated heterocycles. The molecule has 1 unspecified atom stereocenters. The summed E-state index contributed by atoms with van der Waals surface area (Å²) in [5.74, 6) is -0.331. The molecule has 0 aliphatic carbocycles. The SMILES string of the molecule is CC(C)(C(=O)N1CCCC1CN)S(C)(=O)=O. The molecule has 0 aromatic rings. The molecule has 0 radical (unpaired) electrons. The molecule has 1 amide bonds. The van der Waals surface area contributed by atoms with E-state index in [9.17, 15) is 13.2 Å². The molecule has 5 nitrogen and oxygen atoms in total. The van der Waals surface area contributed by atoms with Crippen LogP contribution in [0.15, 0.2) is 0 Å². The van der Waals surface area contributed by atoms with E-state index in [0.29, 0.717) is 13.1 Å². The van der Waals surface area contributed by atoms with Crippen molar-refractivity contribution in [2.45, 2.75) is 37.5 Å². The molecule has 0 saturated carbocycles. The molecule has 1 rings (SSSR count). The van der Waals surface area contributed by atoms with Gasteiger partial charge in [-0.15, -0.1) is 0 Å². The molecule has 94 valence electrons. The third kappa shape index (κ3) is 2.22. The fourth-order valence-electron chi connectivity index (χ4n) is 1.85. The minimum absolute atomic E-state index is 0.00600. The van der Waals surface area contributed by atoms with Crippen LogP contribution >= 0.6 is 0 Å². The first-order chi connectivity index (χ1) is 7.21. The van der Waals surface area contributed by atoms with Crippen LogP contribution in [0.1, 0.15) is 26.7 Å². The van der Waals surface area contributed by atoms with Crippen molar-refractivity contribution in [3.63, 3.8) is 0 Å². The van der Waals surface area contributed by atoms with Gasteiger partial charge in [0.05, 0.1) is 0 Å². The first-order valence-corrected chi connectivity index (χ1v) is 7.31. The topological polar surface area (TPSA) is 80.5 Å². The number of nitrogens with zero attached hydrogens (tertiary/aromatic N) is 1. The van der Waals surface area contributed by atoms with Gasteiger partial charge in [0.1, 0.15) is 4.75 Å². The van der Waals surface area contributed by atoms with E-state index in [1.54, 1.807) is 4.90 Å². The number of nitrogens with two attached hydrogens (primary N) is 1. The zero-order valence-electron chi connectivity index (χ0n) is 10.1. The molecule has 1 aliphatic heterocycles. The number of amides is 1. The van der Waals surface area contributed by atoms with Gasteiger partial charge in [-0.2, -0.15) is 0 Å². The van der Waals surface area contributed by atoms with E-state index in [1.807, 2.05) is 0 Å². The van der Waals surface area contributed by atoms with Crippen LogP contribution in [0.5, 0.6) is 0 Å². The fourth-order valence-corrected chi connectivity index (χ4v) is 2.29. The summed E-state index contributed by atoms with van der Waals surface area (Å²) < 4.78 is 21.8. The lowest BCUT2D eigenvalue weighted by molar-refractivity contribution is -0.133. The Morgan fingerprint density at radius 2 is 2.06 bits per heavy atom. The summed E-state index contributed by atoms with van der Waals surface area (Å²) in [4.78, 5) is 13.8. The van der Waals surface area contributed by atoms with Crippen LogP contribution in [-0.2, 0) is 14.6 Å². The van der Waals surface area contributed by atoms with E-state index in [-0.39, 0.29) is 11.9 Å². The highest BCUT2D eigenvalue weighted by Crippen LogP contribution is 2.24. The van der Waals surface area contributed by atoms with Crippen LogP contribution in [-0.4, -0.2) is 49.4 Å². The van der Waals surface area contributed by atoms with Crippen molar-refractivity contribution < 1.29 is 13.2 Å². The number of sulfone groups is 1. The Labute approximate surface area is 96.9 Å². The molecule has 0 bridgehead atoms. The molecule has 1 atom stereocenters. The Bertz CT molecular complexity index is 376. The van der Waals surface area contributed by atoms with Crippen molar-refractivity contribution in [1.82, 2.24) is 4.90 Å². The van der Waals surface area contributed by atoms with Crippen molar-refractivity contribution in [2.75, 3.05) is 19.3 Å². The maximum atomic E-state index is 12.2. The van der Waals surface area contributed by atoms with E-state index in [4.69, 9.17) is 5.73 Å². The van der Waals surface area contributed by atoms with E-state index >= 15 is 0 Å². The lowest BCUT2D eigenvalue weighted by Crippen LogP contribution is -2.52. The van der Waals surface area contributed by atoms with Gasteiger partial charge in [0.25, 0.3) is 0 Å². The maximum Gasteiger partial charge on any atom is 0.243 e. The number of carbonyl (C=O) groups excluding carboxylic acids is 1. The third-order valence-electron chi connectivity index (χ3n) is 3.35. The van der Waals surface area contributed by atoms with E-state index in [0.717, 1.165) is 19.1 Å². The third-order valence-corrected chi connectivity index (χ3v) is 5.38. The number of hydrogen-bond donors (Lipinski definition) is 1. The highest BCUT2D eigenvalue weighted by molar-refractivity contribution is 7.92. The van der Waals surface area contributed by atoms with Crippen molar-refractivity contribution in [2.24, 2.45) is 5.73 Å². The maximum absolute atomic E-state index is 12.2. The number of likely N-dealkylation sites (tertiary alicyclic amines) is 1. The van der Waals surface area contributed by atoms with Gasteiger partial charge in [0, 0.05) is 25.4 Å². The Morgan fingerprint density at radius 3 is 2.50 bits per heavy atom. The zero-order chi connectivity index (χ0) is 12.6. The standard InChI is InChI=1S/C10H20N2O3S/c1-10(2,16(3,14)15)9(13)12-6-4-5-8(12)7-11/h8H,4-7,11H2,1-3H3. The smallest absolute Gasteiger partial charge is 0.243 e. The molecule has 6 heteroatoms. The fraction of sp³-hybridized carbons (Fsp3) is 0.900. The van der Waals surface area contributed by atoms with Gasteiger partial charge in [-0.25, -0.2) is 8.42 Å². The molecule has 1 heterocycles. The molecule has 16 heavy (non-hydrogen) atoms. The quantitative estimate of drug-likeness (QED) is 0.747. The second kappa shape index (κ2) is 4.33. The summed E-state index contributed by atoms with van der Waals surface area (Å²) in [5, 5.41) is 0. The summed E-state index contributed by atoms with van der Waals surface area (Å²) in [6.45, 7) is 3.92. The Balaban J connectivity index is 2.94. The normalized spacial score (nSPS) is 22.5. The van der Waals surface area contributed by atoms with Crippen molar-refractivity contribution in [3.05, 3.63) is 0 Å². The predicted molar refractivity (Wildman–Crippen MR) is 62.7 cm³/mol. The van der Waals surface area contributed by atoms with Crippen LogP contribution in [0.4, 0.5) is 0 Å². The summed E-state index contributed by atoms with van der Waals surface area (Å²) >= 11 is 0. The second-order valence-corrected chi connectivity index (χ2v) is 7.38. The van der Waals surface area contributed by atoms with Crippen LogP contribution < -0.4 is 5.73 Å². The summed E-state index contributed by atoms with van der Waals surface area (Å²) in [7, 11) is -3.40. The van der Waals surface area contributed by atoms with E-state index in [1.165, 1.54) is 13.8 Å². The lowest BCUT2D eigenvalue weighted by Gasteiger charge is -2.31. The van der Waals surface area contributed by atoms with Gasteiger partial charge in [0.15, 0.2) is 9.84 Å². The number of carbonyl (C=O) groups is 1. The monoisotopic (exact) mass is 248 g/mol. The average molecular weight is 248 g/mol. The molecular formula is C10H20N2O3S. The lowest BCUT2D eigenvalue weighted by atomic mass is 10.1. The van der Waals surface area contributed by atoms with Gasteiger partial charge in [-0.3, -0.25) is 4.79 Å². The zero-order valence-corrected chi connectivity index (χ0v) is 10.9. The molecule has 1 aliphatic rings. The van der Waals surface area contributed by atoms with Crippen LogP contribution in [0.2, 0.25) is 0 Å². The minimum atomic E-state index is -3.40. The van der Waals surface area contributed by atoms with Crippen LogP contribution in [0.25, 0.3) is 0 Å². The summed E-state index contributed by atoms with van der Waals surface area (Å²) in [6.07, 6.45) is 2.86. The van der Waals surface area contributed by atoms with E-state index < -0.39 is 14.6 Å². The van der Waals surface area contributed by atoms with E-state index in [2.05, 4.69) is 0 Å². The molecule has 2 N–H and O–H groups in total. The van der Waals surface area contributed by atoms with Gasteiger partial charge in [-0.05, 0) is 26.7 Å². The van der Waals surface area contributed by atoms with Crippen molar-refractivity contribution in [1.29, 1.82) is 0 Å². The Morgan fingerprint density at radius 1 is 1.50 bits per heavy atom. The Hall–Kier alpha value is -0.620.